The van der Waals surface area contributed by atoms with Gasteiger partial charge in [-0.05, 0) is 29.5 Å². The van der Waals surface area contributed by atoms with Crippen LogP contribution in [0, 0.1) is 6.92 Å². The first-order chi connectivity index (χ1) is 5.66. The lowest BCUT2D eigenvalue weighted by molar-refractivity contribution is 0.835. The molecular formula is C11H17N. The zero-order valence-electron chi connectivity index (χ0n) is 8.09. The molecule has 0 amide bonds. The van der Waals surface area contributed by atoms with Gasteiger partial charge in [-0.15, -0.1) is 0 Å². The highest BCUT2D eigenvalue weighted by atomic mass is 14.5. The van der Waals surface area contributed by atoms with Gasteiger partial charge >= 0.3 is 0 Å². The molecule has 0 atom stereocenters. The van der Waals surface area contributed by atoms with Crippen LogP contribution in [-0.4, -0.2) is 0 Å². The predicted molar refractivity (Wildman–Crippen MR) is 53.2 cm³/mol. The maximum absolute atomic E-state index is 5.69. The van der Waals surface area contributed by atoms with E-state index >= 15 is 0 Å². The third-order valence-corrected chi connectivity index (χ3v) is 2.27. The van der Waals surface area contributed by atoms with Crippen LogP contribution in [0.25, 0.3) is 0 Å². The summed E-state index contributed by atoms with van der Waals surface area (Å²) in [6, 6.07) is 6.39. The van der Waals surface area contributed by atoms with Gasteiger partial charge in [-0.1, -0.05) is 32.0 Å². The quantitative estimate of drug-likeness (QED) is 0.712. The molecule has 1 heteroatoms. The molecule has 2 N–H and O–H groups in total. The minimum absolute atomic E-state index is 0.573. The zero-order chi connectivity index (χ0) is 9.14. The molecule has 0 bridgehead atoms. The average molecular weight is 163 g/mol. The fraction of sp³-hybridized carbons (Fsp3) is 0.455. The maximum Gasteiger partial charge on any atom is 0.0183 e. The molecule has 0 aromatic heterocycles. The molecule has 1 aromatic carbocycles. The third-order valence-electron chi connectivity index (χ3n) is 2.27. The molecule has 66 valence electrons. The minimum atomic E-state index is 0.573. The lowest BCUT2D eigenvalue weighted by Crippen LogP contribution is -2.04. The Balaban J connectivity index is 3.18. The van der Waals surface area contributed by atoms with Crippen molar-refractivity contribution < 1.29 is 0 Å². The van der Waals surface area contributed by atoms with E-state index in [0.717, 1.165) is 0 Å². The number of rotatable bonds is 2. The van der Waals surface area contributed by atoms with Crippen molar-refractivity contribution in [3.63, 3.8) is 0 Å². The average Bonchev–Trinajstić information content (AvgIpc) is 2.03. The molecule has 0 aliphatic rings. The standard InChI is InChI=1S/C11H17N/c1-8(2)10-6-4-5-9(3)11(10)7-12/h4-6,8H,7,12H2,1-3H3. The van der Waals surface area contributed by atoms with Gasteiger partial charge in [-0.3, -0.25) is 0 Å². The summed E-state index contributed by atoms with van der Waals surface area (Å²) in [5.41, 5.74) is 9.70. The molecular weight excluding hydrogens is 146 g/mol. The molecule has 0 saturated carbocycles. The molecule has 1 aromatic rings. The summed E-state index contributed by atoms with van der Waals surface area (Å²) in [7, 11) is 0. The van der Waals surface area contributed by atoms with Gasteiger partial charge in [0, 0.05) is 6.54 Å². The molecule has 0 aliphatic heterocycles. The molecule has 0 aliphatic carbocycles. The first kappa shape index (κ1) is 9.27. The van der Waals surface area contributed by atoms with Crippen molar-refractivity contribution >= 4 is 0 Å². The first-order valence-electron chi connectivity index (χ1n) is 4.45. The smallest absolute Gasteiger partial charge is 0.0183 e. The summed E-state index contributed by atoms with van der Waals surface area (Å²) >= 11 is 0. The molecule has 1 nitrogen and oxygen atoms in total. The predicted octanol–water partition coefficient (Wildman–Crippen LogP) is 2.58. The van der Waals surface area contributed by atoms with E-state index in [9.17, 15) is 0 Å². The largest absolute Gasteiger partial charge is 0.326 e. The van der Waals surface area contributed by atoms with Crippen LogP contribution in [0.2, 0.25) is 0 Å². The van der Waals surface area contributed by atoms with Gasteiger partial charge in [0.1, 0.15) is 0 Å². The maximum atomic E-state index is 5.69. The number of benzene rings is 1. The molecule has 0 radical (unpaired) electrons. The Hall–Kier alpha value is -0.820. The monoisotopic (exact) mass is 163 g/mol. The van der Waals surface area contributed by atoms with Gasteiger partial charge in [-0.25, -0.2) is 0 Å². The Bertz CT molecular complexity index is 264. The minimum Gasteiger partial charge on any atom is -0.326 e. The first-order valence-corrected chi connectivity index (χ1v) is 4.45. The normalized spacial score (nSPS) is 10.8. The summed E-state index contributed by atoms with van der Waals surface area (Å²) in [5.74, 6) is 0.573. The van der Waals surface area contributed by atoms with Gasteiger partial charge in [0.15, 0.2) is 0 Å². The van der Waals surface area contributed by atoms with Crippen molar-refractivity contribution in [3.05, 3.63) is 34.9 Å². The highest BCUT2D eigenvalue weighted by Crippen LogP contribution is 2.21. The summed E-state index contributed by atoms with van der Waals surface area (Å²) in [4.78, 5) is 0. The number of nitrogens with two attached hydrogens (primary N) is 1. The van der Waals surface area contributed by atoms with Crippen LogP contribution in [0.1, 0.15) is 36.5 Å². The summed E-state index contributed by atoms with van der Waals surface area (Å²) in [6.07, 6.45) is 0. The van der Waals surface area contributed by atoms with E-state index in [4.69, 9.17) is 5.73 Å². The second kappa shape index (κ2) is 3.72. The Kier molecular flexibility index (Phi) is 2.88. The Morgan fingerprint density at radius 3 is 2.42 bits per heavy atom. The van der Waals surface area contributed by atoms with E-state index in [1.807, 2.05) is 0 Å². The van der Waals surface area contributed by atoms with Gasteiger partial charge in [0.25, 0.3) is 0 Å². The fourth-order valence-corrected chi connectivity index (χ4v) is 1.54. The van der Waals surface area contributed by atoms with Crippen molar-refractivity contribution in [2.75, 3.05) is 0 Å². The van der Waals surface area contributed by atoms with Crippen LogP contribution in [0.4, 0.5) is 0 Å². The Morgan fingerprint density at radius 1 is 1.33 bits per heavy atom. The van der Waals surface area contributed by atoms with Crippen molar-refractivity contribution in [1.29, 1.82) is 0 Å². The number of aryl methyl sites for hydroxylation is 1. The van der Waals surface area contributed by atoms with Gasteiger partial charge in [-0.2, -0.15) is 0 Å². The van der Waals surface area contributed by atoms with Crippen LogP contribution in [0.5, 0.6) is 0 Å². The Morgan fingerprint density at radius 2 is 2.00 bits per heavy atom. The molecule has 0 fully saturated rings. The second-order valence-corrected chi connectivity index (χ2v) is 3.50. The topological polar surface area (TPSA) is 26.0 Å². The highest BCUT2D eigenvalue weighted by molar-refractivity contribution is 5.36. The number of hydrogen-bond acceptors (Lipinski definition) is 1. The number of hydrogen-bond donors (Lipinski definition) is 1. The van der Waals surface area contributed by atoms with Crippen LogP contribution in [0.3, 0.4) is 0 Å². The van der Waals surface area contributed by atoms with Gasteiger partial charge in [0.05, 0.1) is 0 Å². The molecule has 0 unspecified atom stereocenters. The van der Waals surface area contributed by atoms with Crippen molar-refractivity contribution in [2.45, 2.75) is 33.2 Å². The van der Waals surface area contributed by atoms with Gasteiger partial charge < -0.3 is 5.73 Å². The van der Waals surface area contributed by atoms with Crippen LogP contribution >= 0.6 is 0 Å². The molecule has 0 heterocycles. The molecule has 0 spiro atoms. The van der Waals surface area contributed by atoms with E-state index < -0.39 is 0 Å². The lowest BCUT2D eigenvalue weighted by Gasteiger charge is -2.13. The molecule has 1 rings (SSSR count). The summed E-state index contributed by atoms with van der Waals surface area (Å²) in [5, 5.41) is 0. The van der Waals surface area contributed by atoms with E-state index in [2.05, 4.69) is 39.0 Å². The van der Waals surface area contributed by atoms with Gasteiger partial charge in [0.2, 0.25) is 0 Å². The highest BCUT2D eigenvalue weighted by Gasteiger charge is 2.06. The van der Waals surface area contributed by atoms with E-state index in [1.165, 1.54) is 16.7 Å². The second-order valence-electron chi connectivity index (χ2n) is 3.50. The Labute approximate surface area is 74.6 Å². The van der Waals surface area contributed by atoms with Crippen LogP contribution in [0.15, 0.2) is 18.2 Å². The summed E-state index contributed by atoms with van der Waals surface area (Å²) in [6.45, 7) is 7.18. The van der Waals surface area contributed by atoms with Crippen molar-refractivity contribution in [3.8, 4) is 0 Å². The molecule has 0 saturated heterocycles. The SMILES string of the molecule is Cc1cccc(C(C)C)c1CN. The fourth-order valence-electron chi connectivity index (χ4n) is 1.54. The van der Waals surface area contributed by atoms with E-state index in [0.29, 0.717) is 12.5 Å². The van der Waals surface area contributed by atoms with E-state index in [1.54, 1.807) is 0 Å². The van der Waals surface area contributed by atoms with Crippen molar-refractivity contribution in [1.82, 2.24) is 0 Å². The van der Waals surface area contributed by atoms with E-state index in [-0.39, 0.29) is 0 Å². The third kappa shape index (κ3) is 1.67. The van der Waals surface area contributed by atoms with Crippen LogP contribution in [-0.2, 0) is 6.54 Å². The lowest BCUT2D eigenvalue weighted by atomic mass is 9.94. The van der Waals surface area contributed by atoms with Crippen molar-refractivity contribution in [2.24, 2.45) is 5.73 Å². The summed E-state index contributed by atoms with van der Waals surface area (Å²) < 4.78 is 0. The van der Waals surface area contributed by atoms with Crippen LogP contribution < -0.4 is 5.73 Å². The zero-order valence-corrected chi connectivity index (χ0v) is 8.09. The molecule has 12 heavy (non-hydrogen) atoms.